The summed E-state index contributed by atoms with van der Waals surface area (Å²) in [7, 11) is 0. The van der Waals surface area contributed by atoms with Gasteiger partial charge in [0.1, 0.15) is 11.6 Å². The van der Waals surface area contributed by atoms with Crippen LogP contribution in [0.5, 0.6) is 0 Å². The quantitative estimate of drug-likeness (QED) is 0.732. The normalized spacial score (nSPS) is 17.4. The third kappa shape index (κ3) is 2.94. The fraction of sp³-hybridized carbons (Fsp3) is 0.438. The van der Waals surface area contributed by atoms with Gasteiger partial charge in [-0.25, -0.2) is 9.07 Å². The van der Waals surface area contributed by atoms with E-state index in [1.54, 1.807) is 4.68 Å². The summed E-state index contributed by atoms with van der Waals surface area (Å²) in [5.41, 5.74) is 9.23. The molecule has 1 aliphatic rings. The van der Waals surface area contributed by atoms with Crippen LogP contribution in [0.2, 0.25) is 0 Å². The van der Waals surface area contributed by atoms with Crippen LogP contribution in [0.4, 0.5) is 10.2 Å². The van der Waals surface area contributed by atoms with Crippen molar-refractivity contribution in [3.63, 3.8) is 0 Å². The highest BCUT2D eigenvalue weighted by atomic mass is 79.9. The van der Waals surface area contributed by atoms with E-state index in [0.29, 0.717) is 14.8 Å². The van der Waals surface area contributed by atoms with E-state index in [4.69, 9.17) is 5.73 Å². The molecule has 0 atom stereocenters. The third-order valence-electron chi connectivity index (χ3n) is 4.60. The summed E-state index contributed by atoms with van der Waals surface area (Å²) < 4.78 is 16.5. The van der Waals surface area contributed by atoms with Crippen molar-refractivity contribution >= 4 is 37.7 Å². The third-order valence-corrected chi connectivity index (χ3v) is 5.81. The fourth-order valence-electron chi connectivity index (χ4n) is 3.43. The van der Waals surface area contributed by atoms with Crippen molar-refractivity contribution in [2.24, 2.45) is 0 Å². The molecular weight excluding hydrogens is 427 g/mol. The van der Waals surface area contributed by atoms with Gasteiger partial charge in [-0.3, -0.25) is 0 Å². The molecule has 4 nitrogen and oxygen atoms in total. The van der Waals surface area contributed by atoms with Gasteiger partial charge in [0.2, 0.25) is 0 Å². The molecule has 0 radical (unpaired) electrons. The lowest BCUT2D eigenvalue weighted by molar-refractivity contribution is 0.335. The van der Waals surface area contributed by atoms with Crippen molar-refractivity contribution in [1.29, 1.82) is 0 Å². The van der Waals surface area contributed by atoms with Crippen molar-refractivity contribution in [3.8, 4) is 5.69 Å². The number of nitrogens with zero attached hydrogens (tertiary/aromatic N) is 2. The highest BCUT2D eigenvalue weighted by Crippen LogP contribution is 2.41. The molecule has 7 heteroatoms. The smallest absolute Gasteiger partial charge is 0.131 e. The first kappa shape index (κ1) is 16.9. The Kier molecular flexibility index (Phi) is 4.55. The molecule has 0 spiro atoms. The molecule has 0 amide bonds. The molecule has 23 heavy (non-hydrogen) atoms. The number of benzene rings is 1. The van der Waals surface area contributed by atoms with E-state index in [9.17, 15) is 4.39 Å². The summed E-state index contributed by atoms with van der Waals surface area (Å²) in [4.78, 5) is 0. The number of nitrogens with two attached hydrogens (primary N) is 1. The number of nitrogen functional groups attached to an aromatic ring is 1. The topological polar surface area (TPSA) is 55.9 Å². The Morgan fingerprint density at radius 2 is 1.83 bits per heavy atom. The number of aryl methyl sites for hydroxylation is 1. The van der Waals surface area contributed by atoms with Crippen LogP contribution in [0.25, 0.3) is 5.69 Å². The molecule has 1 aliphatic heterocycles. The highest BCUT2D eigenvalue weighted by molar-refractivity contribution is 9.11. The van der Waals surface area contributed by atoms with Gasteiger partial charge in [-0.2, -0.15) is 5.10 Å². The number of aromatic nitrogens is 2. The van der Waals surface area contributed by atoms with Gasteiger partial charge in [0, 0.05) is 19.9 Å². The van der Waals surface area contributed by atoms with Gasteiger partial charge in [-0.05, 0) is 76.8 Å². The second-order valence-corrected chi connectivity index (χ2v) is 7.99. The first-order valence-corrected chi connectivity index (χ1v) is 9.13. The Hall–Kier alpha value is -0.920. The Morgan fingerprint density at radius 1 is 1.26 bits per heavy atom. The molecule has 1 fully saturated rings. The van der Waals surface area contributed by atoms with Crippen LogP contribution in [0.1, 0.15) is 31.0 Å². The zero-order valence-corrected chi connectivity index (χ0v) is 16.3. The van der Waals surface area contributed by atoms with Crippen molar-refractivity contribution < 1.29 is 4.39 Å². The van der Waals surface area contributed by atoms with Gasteiger partial charge in [0.25, 0.3) is 0 Å². The molecule has 3 N–H and O–H groups in total. The lowest BCUT2D eigenvalue weighted by Gasteiger charge is -2.34. The van der Waals surface area contributed by atoms with Crippen LogP contribution in [-0.2, 0) is 5.41 Å². The molecule has 0 aliphatic carbocycles. The van der Waals surface area contributed by atoms with Crippen LogP contribution >= 0.6 is 31.9 Å². The maximum Gasteiger partial charge on any atom is 0.131 e. The number of hydrogen-bond donors (Lipinski definition) is 2. The van der Waals surface area contributed by atoms with Crippen LogP contribution in [-0.4, -0.2) is 22.9 Å². The minimum absolute atomic E-state index is 0.0106. The van der Waals surface area contributed by atoms with Crippen molar-refractivity contribution in [3.05, 3.63) is 38.2 Å². The van der Waals surface area contributed by atoms with E-state index in [1.165, 1.54) is 12.1 Å². The van der Waals surface area contributed by atoms with Crippen molar-refractivity contribution in [2.75, 3.05) is 18.8 Å². The largest absolute Gasteiger partial charge is 0.383 e. The summed E-state index contributed by atoms with van der Waals surface area (Å²) >= 11 is 6.83. The first-order valence-electron chi connectivity index (χ1n) is 7.55. The predicted octanol–water partition coefficient (Wildman–Crippen LogP) is 4.07. The molecule has 2 aromatic rings. The maximum atomic E-state index is 13.5. The Labute approximate surface area is 151 Å². The van der Waals surface area contributed by atoms with Gasteiger partial charge in [0.05, 0.1) is 11.4 Å². The maximum absolute atomic E-state index is 13.5. The van der Waals surface area contributed by atoms with Gasteiger partial charge < -0.3 is 11.1 Å². The molecule has 1 saturated heterocycles. The fourth-order valence-corrected chi connectivity index (χ4v) is 4.89. The number of hydrogen-bond acceptors (Lipinski definition) is 3. The number of anilines is 1. The van der Waals surface area contributed by atoms with Crippen molar-refractivity contribution in [2.45, 2.75) is 32.1 Å². The van der Waals surface area contributed by atoms with Crippen LogP contribution in [0, 0.1) is 12.7 Å². The summed E-state index contributed by atoms with van der Waals surface area (Å²) in [5.74, 6) is 0.306. The summed E-state index contributed by atoms with van der Waals surface area (Å²) in [5, 5.41) is 8.03. The van der Waals surface area contributed by atoms with Gasteiger partial charge in [0.15, 0.2) is 0 Å². The first-order chi connectivity index (χ1) is 10.8. The van der Waals surface area contributed by atoms with Crippen LogP contribution in [0.3, 0.4) is 0 Å². The van der Waals surface area contributed by atoms with Gasteiger partial charge in [-0.1, -0.05) is 6.92 Å². The highest BCUT2D eigenvalue weighted by Gasteiger charge is 2.35. The van der Waals surface area contributed by atoms with Gasteiger partial charge in [-0.15, -0.1) is 0 Å². The lowest BCUT2D eigenvalue weighted by Crippen LogP contribution is -2.38. The second kappa shape index (κ2) is 6.18. The van der Waals surface area contributed by atoms with E-state index in [1.807, 2.05) is 6.92 Å². The summed E-state index contributed by atoms with van der Waals surface area (Å²) in [6.07, 6.45) is 2.05. The Bertz CT molecular complexity index is 728. The summed E-state index contributed by atoms with van der Waals surface area (Å²) in [6, 6.07) is 2.84. The Morgan fingerprint density at radius 3 is 2.39 bits per heavy atom. The van der Waals surface area contributed by atoms with E-state index >= 15 is 0 Å². The standard InChI is InChI=1S/C16H19Br2FN4/c1-9-13(16(2)3-5-21-6-4-16)15(20)23(22-9)14-11(17)7-10(19)8-12(14)18/h7-8,21H,3-6,20H2,1-2H3. The number of nitrogens with one attached hydrogen (secondary N) is 1. The second-order valence-electron chi connectivity index (χ2n) is 6.29. The average Bonchev–Trinajstić information content (AvgIpc) is 2.74. The zero-order chi connectivity index (χ0) is 16.8. The molecule has 1 aromatic carbocycles. The minimum atomic E-state index is -0.319. The predicted molar refractivity (Wildman–Crippen MR) is 97.5 cm³/mol. The molecule has 3 rings (SSSR count). The van der Waals surface area contributed by atoms with Gasteiger partial charge >= 0.3 is 0 Å². The van der Waals surface area contributed by atoms with E-state index < -0.39 is 0 Å². The molecule has 1 aromatic heterocycles. The summed E-state index contributed by atoms with van der Waals surface area (Å²) in [6.45, 7) is 6.18. The zero-order valence-electron chi connectivity index (χ0n) is 13.1. The van der Waals surface area contributed by atoms with Crippen LogP contribution in [0.15, 0.2) is 21.1 Å². The molecular formula is C16H19Br2FN4. The lowest BCUT2D eigenvalue weighted by atomic mass is 9.74. The Balaban J connectivity index is 2.16. The molecule has 0 unspecified atom stereocenters. The number of halogens is 3. The van der Waals surface area contributed by atoms with E-state index in [-0.39, 0.29) is 11.2 Å². The SMILES string of the molecule is Cc1nn(-c2c(Br)cc(F)cc2Br)c(N)c1C1(C)CCNCC1. The monoisotopic (exact) mass is 444 g/mol. The average molecular weight is 446 g/mol. The minimum Gasteiger partial charge on any atom is -0.383 e. The number of rotatable bonds is 2. The van der Waals surface area contributed by atoms with E-state index in [2.05, 4.69) is 49.2 Å². The van der Waals surface area contributed by atoms with E-state index in [0.717, 1.165) is 42.9 Å². The van der Waals surface area contributed by atoms with Crippen molar-refractivity contribution in [1.82, 2.24) is 15.1 Å². The molecule has 0 bridgehead atoms. The van der Waals surface area contributed by atoms with Crippen LogP contribution < -0.4 is 11.1 Å². The molecule has 124 valence electrons. The molecule has 2 heterocycles. The number of piperidine rings is 1. The molecule has 0 saturated carbocycles.